The molecule has 1 aliphatic rings. The topological polar surface area (TPSA) is 55.8 Å². The highest BCUT2D eigenvalue weighted by Crippen LogP contribution is 2.42. The van der Waals surface area contributed by atoms with E-state index >= 15 is 0 Å². The molecule has 0 saturated heterocycles. The van der Waals surface area contributed by atoms with Crippen LogP contribution in [0.15, 0.2) is 127 Å². The van der Waals surface area contributed by atoms with Gasteiger partial charge >= 0.3 is 5.97 Å². The molecular formula is C36H38O4Si. The van der Waals surface area contributed by atoms with Crippen LogP contribution in [0.3, 0.4) is 0 Å². The summed E-state index contributed by atoms with van der Waals surface area (Å²) in [7, 11) is -2.87. The van der Waals surface area contributed by atoms with Crippen molar-refractivity contribution in [2.24, 2.45) is 5.92 Å². The van der Waals surface area contributed by atoms with Crippen molar-refractivity contribution in [2.45, 2.75) is 44.4 Å². The normalized spacial score (nSPS) is 19.2. The Hall–Kier alpha value is -3.77. The Labute approximate surface area is 244 Å². The monoisotopic (exact) mass is 562 g/mol. The maximum Gasteiger partial charge on any atom is 0.338 e. The summed E-state index contributed by atoms with van der Waals surface area (Å²) in [6, 6.07) is 38.3. The van der Waals surface area contributed by atoms with Crippen molar-refractivity contribution in [3.8, 4) is 11.1 Å². The molecule has 0 bridgehead atoms. The van der Waals surface area contributed by atoms with Gasteiger partial charge in [-0.3, -0.25) is 0 Å². The summed E-state index contributed by atoms with van der Waals surface area (Å²) in [5.41, 5.74) is 3.26. The van der Waals surface area contributed by atoms with Gasteiger partial charge in [0.2, 0.25) is 0 Å². The number of carbonyl (C=O) groups excluding carboxylic acids is 1. The Balaban J connectivity index is 1.40. The van der Waals surface area contributed by atoms with Crippen molar-refractivity contribution < 1.29 is 19.1 Å². The lowest BCUT2D eigenvalue weighted by Crippen LogP contribution is -2.68. The number of ether oxygens (including phenoxy) is 1. The first kappa shape index (κ1) is 28.7. The van der Waals surface area contributed by atoms with Crippen LogP contribution >= 0.6 is 0 Å². The highest BCUT2D eigenvalue weighted by atomic mass is 28.4. The average Bonchev–Trinajstić information content (AvgIpc) is 3.26. The molecule has 5 heteroatoms. The number of carbonyl (C=O) groups is 1. The Bertz CT molecular complexity index is 1420. The predicted octanol–water partition coefficient (Wildman–Crippen LogP) is 6.39. The SMILES string of the molecule is C=C1[C@H](O)C[C@@H](O[Si](c2ccccc2)(c2ccccc2)C(C)(C)C)[C@H]1COC(=O)c1ccc(-c2ccccc2)cc1. The van der Waals surface area contributed by atoms with E-state index in [1.807, 2.05) is 54.6 Å². The molecule has 0 radical (unpaired) electrons. The molecule has 4 aromatic carbocycles. The maximum absolute atomic E-state index is 13.1. The molecule has 0 aromatic heterocycles. The number of hydrogen-bond acceptors (Lipinski definition) is 4. The second-order valence-electron chi connectivity index (χ2n) is 11.8. The van der Waals surface area contributed by atoms with Crippen LogP contribution < -0.4 is 10.4 Å². The molecule has 1 N–H and O–H groups in total. The van der Waals surface area contributed by atoms with Gasteiger partial charge in [-0.15, -0.1) is 0 Å². The fraction of sp³-hybridized carbons (Fsp3) is 0.250. The highest BCUT2D eigenvalue weighted by molar-refractivity contribution is 6.99. The van der Waals surface area contributed by atoms with Crippen molar-refractivity contribution in [3.05, 3.63) is 133 Å². The third-order valence-electron chi connectivity index (χ3n) is 8.18. The fourth-order valence-corrected chi connectivity index (χ4v) is 10.7. The second-order valence-corrected chi connectivity index (χ2v) is 16.0. The van der Waals surface area contributed by atoms with E-state index in [4.69, 9.17) is 9.16 Å². The van der Waals surface area contributed by atoms with Gasteiger partial charge in [-0.25, -0.2) is 4.79 Å². The molecule has 5 rings (SSSR count). The van der Waals surface area contributed by atoms with Crippen molar-refractivity contribution in [1.29, 1.82) is 0 Å². The second kappa shape index (κ2) is 12.0. The molecule has 3 atom stereocenters. The molecular weight excluding hydrogens is 524 g/mol. The van der Waals surface area contributed by atoms with Gasteiger partial charge in [0.25, 0.3) is 8.32 Å². The molecule has 4 aromatic rings. The van der Waals surface area contributed by atoms with Gasteiger partial charge in [0.05, 0.1) is 17.8 Å². The van der Waals surface area contributed by atoms with Crippen LogP contribution in [0.1, 0.15) is 37.6 Å². The maximum atomic E-state index is 13.1. The average molecular weight is 563 g/mol. The Morgan fingerprint density at radius 1 is 0.805 bits per heavy atom. The zero-order chi connectivity index (χ0) is 29.0. The molecule has 1 aliphatic carbocycles. The molecule has 0 spiro atoms. The van der Waals surface area contributed by atoms with Crippen LogP contribution in [0.2, 0.25) is 5.04 Å². The molecule has 1 saturated carbocycles. The van der Waals surface area contributed by atoms with Gasteiger partial charge < -0.3 is 14.3 Å². The Kier molecular flexibility index (Phi) is 8.41. The standard InChI is InChI=1S/C36H38O4Si/c1-26-32(25-39-35(38)29-22-20-28(21-23-29)27-14-8-5-9-15-27)34(24-33(26)37)40-41(36(2,3)4,30-16-10-6-11-17-30)31-18-12-7-13-19-31/h5-23,32-34,37H,1,24-25H2,2-4H3/t32-,33+,34+/m0/s1. The highest BCUT2D eigenvalue weighted by Gasteiger charge is 2.54. The summed E-state index contributed by atoms with van der Waals surface area (Å²) < 4.78 is 13.2. The molecule has 0 unspecified atom stereocenters. The Morgan fingerprint density at radius 3 is 1.80 bits per heavy atom. The molecule has 0 heterocycles. The summed E-state index contributed by atoms with van der Waals surface area (Å²) in [6.45, 7) is 11.0. The van der Waals surface area contributed by atoms with Crippen LogP contribution in [0.4, 0.5) is 0 Å². The van der Waals surface area contributed by atoms with Crippen molar-refractivity contribution in [2.75, 3.05) is 6.61 Å². The molecule has 4 nitrogen and oxygen atoms in total. The Morgan fingerprint density at radius 2 is 1.29 bits per heavy atom. The number of aliphatic hydroxyl groups excluding tert-OH is 1. The molecule has 1 fully saturated rings. The number of hydrogen-bond donors (Lipinski definition) is 1. The van der Waals surface area contributed by atoms with E-state index in [2.05, 4.69) is 75.9 Å². The summed E-state index contributed by atoms with van der Waals surface area (Å²) in [6.07, 6.45) is -0.652. The summed E-state index contributed by atoms with van der Waals surface area (Å²) in [5, 5.41) is 13.0. The first-order valence-electron chi connectivity index (χ1n) is 14.2. The number of aliphatic hydroxyl groups is 1. The van der Waals surface area contributed by atoms with Crippen LogP contribution in [0, 0.1) is 5.92 Å². The first-order chi connectivity index (χ1) is 19.7. The van der Waals surface area contributed by atoms with Crippen molar-refractivity contribution >= 4 is 24.7 Å². The third-order valence-corrected chi connectivity index (χ3v) is 13.2. The number of benzene rings is 4. The van der Waals surface area contributed by atoms with E-state index in [1.165, 1.54) is 10.4 Å². The van der Waals surface area contributed by atoms with E-state index < -0.39 is 20.4 Å². The van der Waals surface area contributed by atoms with Crippen molar-refractivity contribution in [3.63, 3.8) is 0 Å². The van der Waals surface area contributed by atoms with E-state index in [1.54, 1.807) is 12.1 Å². The van der Waals surface area contributed by atoms with Crippen molar-refractivity contribution in [1.82, 2.24) is 0 Å². The summed E-state index contributed by atoms with van der Waals surface area (Å²) in [5.74, 6) is -0.720. The van der Waals surface area contributed by atoms with Crippen LogP contribution in [0.25, 0.3) is 11.1 Å². The van der Waals surface area contributed by atoms with Gasteiger partial charge in [0.15, 0.2) is 0 Å². The summed E-state index contributed by atoms with van der Waals surface area (Å²) >= 11 is 0. The van der Waals surface area contributed by atoms with Crippen LogP contribution in [0.5, 0.6) is 0 Å². The van der Waals surface area contributed by atoms with E-state index in [0.717, 1.165) is 11.1 Å². The fourth-order valence-electron chi connectivity index (χ4n) is 5.96. The number of esters is 1. The molecule has 41 heavy (non-hydrogen) atoms. The zero-order valence-corrected chi connectivity index (χ0v) is 25.0. The molecule has 0 aliphatic heterocycles. The molecule has 210 valence electrons. The lowest BCUT2D eigenvalue weighted by atomic mass is 10.0. The van der Waals surface area contributed by atoms with Gasteiger partial charge in [-0.2, -0.15) is 0 Å². The largest absolute Gasteiger partial charge is 0.461 e. The lowest BCUT2D eigenvalue weighted by molar-refractivity contribution is 0.0364. The minimum absolute atomic E-state index is 0.0953. The van der Waals surface area contributed by atoms with E-state index in [-0.39, 0.29) is 23.7 Å². The van der Waals surface area contributed by atoms with Crippen LogP contribution in [-0.4, -0.2) is 38.2 Å². The summed E-state index contributed by atoms with van der Waals surface area (Å²) in [4.78, 5) is 13.1. The van der Waals surface area contributed by atoms with Gasteiger partial charge in [0, 0.05) is 12.3 Å². The minimum Gasteiger partial charge on any atom is -0.461 e. The molecule has 0 amide bonds. The third kappa shape index (κ3) is 5.84. The van der Waals surface area contributed by atoms with Gasteiger partial charge in [-0.05, 0) is 44.2 Å². The van der Waals surface area contributed by atoms with E-state index in [9.17, 15) is 9.90 Å². The minimum atomic E-state index is -2.87. The predicted molar refractivity (Wildman–Crippen MR) is 168 cm³/mol. The van der Waals surface area contributed by atoms with Crippen LogP contribution in [-0.2, 0) is 9.16 Å². The quantitative estimate of drug-likeness (QED) is 0.154. The zero-order valence-electron chi connectivity index (χ0n) is 24.0. The first-order valence-corrected chi connectivity index (χ1v) is 16.1. The number of rotatable bonds is 8. The smallest absolute Gasteiger partial charge is 0.338 e. The van der Waals surface area contributed by atoms with Gasteiger partial charge in [0.1, 0.15) is 6.61 Å². The lowest BCUT2D eigenvalue weighted by Gasteiger charge is -2.45. The van der Waals surface area contributed by atoms with E-state index in [0.29, 0.717) is 17.6 Å². The van der Waals surface area contributed by atoms with Gasteiger partial charge in [-0.1, -0.05) is 130 Å².